The molecule has 0 unspecified atom stereocenters. The molecule has 0 aliphatic rings. The molecule has 0 bridgehead atoms. The maximum absolute atomic E-state index is 12.9. The quantitative estimate of drug-likeness (QED) is 0.746. The number of amides is 2. The molecule has 7 nitrogen and oxygen atoms in total. The Morgan fingerprint density at radius 2 is 2.38 bits per heavy atom. The van der Waals surface area contributed by atoms with Gasteiger partial charge in [0.2, 0.25) is 5.13 Å². The lowest BCUT2D eigenvalue weighted by atomic mass is 10.3. The van der Waals surface area contributed by atoms with E-state index in [-0.39, 0.29) is 13.2 Å². The molecule has 1 aromatic carbocycles. The first-order valence-electron chi connectivity index (χ1n) is 6.01. The second kappa shape index (κ2) is 7.50. The molecule has 1 heterocycles. The Kier molecular flexibility index (Phi) is 5.41. The largest absolute Gasteiger partial charge is 0.491 e. The number of hydrogen-bond acceptors (Lipinski definition) is 6. The number of halogens is 1. The van der Waals surface area contributed by atoms with Crippen LogP contribution in [0.1, 0.15) is 0 Å². The normalized spacial score (nSPS) is 11.7. The van der Waals surface area contributed by atoms with Gasteiger partial charge in [-0.2, -0.15) is 0 Å². The number of hydrogen-bond donors (Lipinski definition) is 3. The highest BCUT2D eigenvalue weighted by Crippen LogP contribution is 2.12. The molecule has 2 aromatic rings. The topological polar surface area (TPSA) is 96.4 Å². The summed E-state index contributed by atoms with van der Waals surface area (Å²) in [5, 5.41) is 22.1. The molecule has 0 aliphatic heterocycles. The monoisotopic (exact) mass is 312 g/mol. The Hall–Kier alpha value is -2.26. The first kappa shape index (κ1) is 15.1. The van der Waals surface area contributed by atoms with E-state index in [0.29, 0.717) is 10.9 Å². The van der Waals surface area contributed by atoms with Crippen LogP contribution in [-0.4, -0.2) is 40.6 Å². The van der Waals surface area contributed by atoms with Gasteiger partial charge >= 0.3 is 6.03 Å². The zero-order valence-electron chi connectivity index (χ0n) is 10.8. The van der Waals surface area contributed by atoms with Crippen molar-refractivity contribution < 1.29 is 19.0 Å². The predicted molar refractivity (Wildman–Crippen MR) is 74.8 cm³/mol. The van der Waals surface area contributed by atoms with Crippen molar-refractivity contribution in [2.75, 3.05) is 18.5 Å². The zero-order chi connectivity index (χ0) is 15.1. The number of carbonyl (C=O) groups is 1. The molecule has 1 aromatic heterocycles. The van der Waals surface area contributed by atoms with Gasteiger partial charge in [-0.25, -0.2) is 9.18 Å². The first-order valence-corrected chi connectivity index (χ1v) is 6.89. The van der Waals surface area contributed by atoms with Crippen molar-refractivity contribution in [2.45, 2.75) is 6.10 Å². The van der Waals surface area contributed by atoms with Gasteiger partial charge in [-0.05, 0) is 12.1 Å². The number of aliphatic hydroxyl groups excluding tert-OH is 1. The van der Waals surface area contributed by atoms with E-state index >= 15 is 0 Å². The van der Waals surface area contributed by atoms with Crippen LogP contribution in [0.15, 0.2) is 29.8 Å². The van der Waals surface area contributed by atoms with Crippen LogP contribution in [0.25, 0.3) is 0 Å². The molecular weight excluding hydrogens is 299 g/mol. The first-order chi connectivity index (χ1) is 10.1. The lowest BCUT2D eigenvalue weighted by Gasteiger charge is -2.13. The van der Waals surface area contributed by atoms with Gasteiger partial charge in [0.15, 0.2) is 0 Å². The van der Waals surface area contributed by atoms with Gasteiger partial charge in [0.25, 0.3) is 0 Å². The minimum absolute atomic E-state index is 0.0139. The number of nitrogens with zero attached hydrogens (tertiary/aromatic N) is 2. The third-order valence-electron chi connectivity index (χ3n) is 2.32. The molecule has 2 amide bonds. The second-order valence-electron chi connectivity index (χ2n) is 4.00. The fourth-order valence-electron chi connectivity index (χ4n) is 1.39. The van der Waals surface area contributed by atoms with Gasteiger partial charge in [0, 0.05) is 12.6 Å². The van der Waals surface area contributed by atoms with Crippen molar-refractivity contribution in [3.05, 3.63) is 35.6 Å². The van der Waals surface area contributed by atoms with Crippen molar-refractivity contribution in [2.24, 2.45) is 0 Å². The van der Waals surface area contributed by atoms with Crippen LogP contribution >= 0.6 is 11.3 Å². The highest BCUT2D eigenvalue weighted by Gasteiger charge is 2.09. The summed E-state index contributed by atoms with van der Waals surface area (Å²) in [4.78, 5) is 11.4. The number of ether oxygens (including phenoxy) is 1. The van der Waals surface area contributed by atoms with Crippen molar-refractivity contribution in [3.8, 4) is 5.75 Å². The number of carbonyl (C=O) groups excluding carboxylic acids is 1. The summed E-state index contributed by atoms with van der Waals surface area (Å²) in [7, 11) is 0. The molecule has 0 aliphatic carbocycles. The number of aliphatic hydroxyl groups is 1. The maximum Gasteiger partial charge on any atom is 0.321 e. The van der Waals surface area contributed by atoms with E-state index in [1.54, 1.807) is 6.07 Å². The van der Waals surface area contributed by atoms with Crippen LogP contribution in [0.3, 0.4) is 0 Å². The van der Waals surface area contributed by atoms with Crippen LogP contribution in [0.2, 0.25) is 0 Å². The average Bonchev–Trinajstić information content (AvgIpc) is 2.96. The van der Waals surface area contributed by atoms with Gasteiger partial charge in [-0.3, -0.25) is 5.32 Å². The Morgan fingerprint density at radius 1 is 1.52 bits per heavy atom. The van der Waals surface area contributed by atoms with Gasteiger partial charge in [-0.1, -0.05) is 17.4 Å². The highest BCUT2D eigenvalue weighted by atomic mass is 32.1. The molecule has 0 saturated heterocycles. The van der Waals surface area contributed by atoms with Crippen molar-refractivity contribution in [1.29, 1.82) is 0 Å². The summed E-state index contributed by atoms with van der Waals surface area (Å²) >= 11 is 1.18. The number of nitrogens with one attached hydrogen (secondary N) is 2. The number of aromatic nitrogens is 2. The van der Waals surface area contributed by atoms with Crippen molar-refractivity contribution in [1.82, 2.24) is 15.5 Å². The minimum Gasteiger partial charge on any atom is -0.491 e. The molecule has 0 spiro atoms. The minimum atomic E-state index is -0.923. The van der Waals surface area contributed by atoms with E-state index in [0.717, 1.165) is 0 Å². The van der Waals surface area contributed by atoms with Crippen LogP contribution in [-0.2, 0) is 0 Å². The zero-order valence-corrected chi connectivity index (χ0v) is 11.6. The van der Waals surface area contributed by atoms with Crippen molar-refractivity contribution >= 4 is 22.5 Å². The number of anilines is 1. The van der Waals surface area contributed by atoms with Crippen LogP contribution in [0.4, 0.5) is 14.3 Å². The van der Waals surface area contributed by atoms with E-state index in [2.05, 4.69) is 20.8 Å². The van der Waals surface area contributed by atoms with E-state index in [4.69, 9.17) is 4.74 Å². The van der Waals surface area contributed by atoms with Crippen LogP contribution < -0.4 is 15.4 Å². The fraction of sp³-hybridized carbons (Fsp3) is 0.250. The third-order valence-corrected chi connectivity index (χ3v) is 2.92. The van der Waals surface area contributed by atoms with Gasteiger partial charge in [-0.15, -0.1) is 10.2 Å². The molecular formula is C12H13FN4O3S. The summed E-state index contributed by atoms with van der Waals surface area (Å²) in [5.74, 6) is -0.107. The fourth-order valence-corrected chi connectivity index (χ4v) is 1.83. The van der Waals surface area contributed by atoms with Gasteiger partial charge in [0.1, 0.15) is 29.8 Å². The molecule has 3 N–H and O–H groups in total. The lowest BCUT2D eigenvalue weighted by molar-refractivity contribution is 0.108. The van der Waals surface area contributed by atoms with Gasteiger partial charge in [0.05, 0.1) is 0 Å². The van der Waals surface area contributed by atoms with E-state index in [1.807, 2.05) is 0 Å². The summed E-state index contributed by atoms with van der Waals surface area (Å²) in [6, 6.07) is 5.08. The van der Waals surface area contributed by atoms with Crippen molar-refractivity contribution in [3.63, 3.8) is 0 Å². The summed E-state index contributed by atoms with van der Waals surface area (Å²) in [6.07, 6.45) is -0.923. The SMILES string of the molecule is O=C(NC[C@@H](O)COc1cccc(F)c1)Nc1nncs1. The van der Waals surface area contributed by atoms with Crippen LogP contribution in [0.5, 0.6) is 5.75 Å². The number of urea groups is 1. The molecule has 0 radical (unpaired) electrons. The Morgan fingerprint density at radius 3 is 3.10 bits per heavy atom. The number of benzene rings is 1. The number of rotatable bonds is 6. The molecule has 2 rings (SSSR count). The average molecular weight is 312 g/mol. The Labute approximate surface area is 123 Å². The predicted octanol–water partition coefficient (Wildman–Crippen LogP) is 1.24. The van der Waals surface area contributed by atoms with E-state index in [9.17, 15) is 14.3 Å². The van der Waals surface area contributed by atoms with E-state index < -0.39 is 18.0 Å². The summed E-state index contributed by atoms with van der Waals surface area (Å²) < 4.78 is 18.1. The van der Waals surface area contributed by atoms with Gasteiger partial charge < -0.3 is 15.2 Å². The highest BCUT2D eigenvalue weighted by molar-refractivity contribution is 7.13. The lowest BCUT2D eigenvalue weighted by Crippen LogP contribution is -2.37. The van der Waals surface area contributed by atoms with Crippen LogP contribution in [0, 0.1) is 5.82 Å². The summed E-state index contributed by atoms with van der Waals surface area (Å²) in [6.45, 7) is -0.0809. The molecule has 0 fully saturated rings. The van der Waals surface area contributed by atoms with E-state index in [1.165, 1.54) is 35.0 Å². The second-order valence-corrected chi connectivity index (χ2v) is 4.83. The third kappa shape index (κ3) is 5.32. The molecule has 9 heteroatoms. The molecule has 0 saturated carbocycles. The Balaban J connectivity index is 1.67. The molecule has 1 atom stereocenters. The Bertz CT molecular complexity index is 582. The summed E-state index contributed by atoms with van der Waals surface area (Å²) in [5.41, 5.74) is 1.48. The standard InChI is InChI=1S/C12H13FN4O3S/c13-8-2-1-3-10(4-8)20-6-9(18)5-14-11(19)16-12-17-15-7-21-12/h1-4,7,9,18H,5-6H2,(H2,14,16,17,19)/t9-/m1/s1. The molecule has 112 valence electrons. The maximum atomic E-state index is 12.9. The smallest absolute Gasteiger partial charge is 0.321 e. The molecule has 21 heavy (non-hydrogen) atoms.